The van der Waals surface area contributed by atoms with Crippen LogP contribution in [0.15, 0.2) is 47.7 Å². The van der Waals surface area contributed by atoms with E-state index in [1.165, 1.54) is 0 Å². The lowest BCUT2D eigenvalue weighted by atomic mass is 9.59. The number of ketones is 1. The maximum absolute atomic E-state index is 14.6. The first-order valence-corrected chi connectivity index (χ1v) is 12.5. The number of fused-ring (bicyclic) bond motifs is 5. The fourth-order valence-corrected chi connectivity index (χ4v) is 7.84. The molecule has 1 saturated heterocycles. The molecule has 3 fully saturated rings. The number of carbonyl (C=O) groups is 1. The molecule has 1 aliphatic heterocycles. The van der Waals surface area contributed by atoms with Gasteiger partial charge < -0.3 is 19.3 Å². The molecular weight excluding hydrogens is 430 g/mol. The Hall–Kier alpha value is -2.02. The lowest BCUT2D eigenvalue weighted by molar-refractivity contribution is -0.301. The minimum atomic E-state index is -1.62. The van der Waals surface area contributed by atoms with Gasteiger partial charge in [0.1, 0.15) is 6.10 Å². The third-order valence-corrected chi connectivity index (χ3v) is 9.55. The Bertz CT molecular complexity index is 1110. The number of ether oxygens (including phenoxy) is 3. The van der Waals surface area contributed by atoms with Gasteiger partial charge in [0.15, 0.2) is 23.3 Å². The molecule has 2 saturated carbocycles. The highest BCUT2D eigenvalue weighted by Gasteiger charge is 2.77. The Morgan fingerprint density at radius 1 is 1.21 bits per heavy atom. The predicted octanol–water partition coefficient (Wildman–Crippen LogP) is 4.10. The summed E-state index contributed by atoms with van der Waals surface area (Å²) in [7, 11) is 0. The second-order valence-corrected chi connectivity index (χ2v) is 12.2. The van der Waals surface area contributed by atoms with Crippen molar-refractivity contribution in [3.8, 4) is 5.88 Å². The summed E-state index contributed by atoms with van der Waals surface area (Å²) < 4.78 is 18.9. The monoisotopic (exact) mass is 465 g/mol. The van der Waals surface area contributed by atoms with E-state index in [1.807, 2.05) is 39.0 Å². The molecule has 0 aromatic carbocycles. The topological polar surface area (TPSA) is 77.9 Å². The van der Waals surface area contributed by atoms with Crippen molar-refractivity contribution in [3.05, 3.63) is 47.7 Å². The summed E-state index contributed by atoms with van der Waals surface area (Å²) in [6.45, 7) is 12.7. The van der Waals surface area contributed by atoms with Gasteiger partial charge >= 0.3 is 0 Å². The third-order valence-electron chi connectivity index (χ3n) is 9.55. The maximum Gasteiger partial charge on any atom is 0.213 e. The van der Waals surface area contributed by atoms with Crippen molar-refractivity contribution < 1.29 is 24.1 Å². The Labute approximate surface area is 201 Å². The van der Waals surface area contributed by atoms with Gasteiger partial charge in [-0.1, -0.05) is 39.0 Å². The number of pyridine rings is 1. The number of hydrogen-bond acceptors (Lipinski definition) is 6. The van der Waals surface area contributed by atoms with Crippen LogP contribution in [0.25, 0.3) is 0 Å². The number of hydrogen-bond donors (Lipinski definition) is 1. The molecule has 0 radical (unpaired) electrons. The zero-order valence-electron chi connectivity index (χ0n) is 20.9. The summed E-state index contributed by atoms with van der Waals surface area (Å²) in [6, 6.07) is 5.46. The van der Waals surface area contributed by atoms with Crippen LogP contribution >= 0.6 is 0 Å². The average molecular weight is 466 g/mol. The quantitative estimate of drug-likeness (QED) is 0.663. The third kappa shape index (κ3) is 2.68. The van der Waals surface area contributed by atoms with Crippen LogP contribution in [0.4, 0.5) is 0 Å². The Morgan fingerprint density at radius 2 is 1.97 bits per heavy atom. The Balaban J connectivity index is 1.57. The smallest absolute Gasteiger partial charge is 0.213 e. The van der Waals surface area contributed by atoms with Crippen LogP contribution in [-0.4, -0.2) is 46.1 Å². The molecule has 1 N–H and O–H groups in total. The van der Waals surface area contributed by atoms with Gasteiger partial charge in [0.25, 0.3) is 0 Å². The number of rotatable bonds is 2. The molecule has 4 aliphatic carbocycles. The van der Waals surface area contributed by atoms with Crippen molar-refractivity contribution in [1.82, 2.24) is 4.98 Å². The minimum absolute atomic E-state index is 0.0705. The molecule has 6 rings (SSSR count). The lowest BCUT2D eigenvalue weighted by Gasteiger charge is -2.52. The first-order valence-electron chi connectivity index (χ1n) is 12.5. The number of carbonyl (C=O) groups excluding carboxylic acids is 1. The van der Waals surface area contributed by atoms with Crippen molar-refractivity contribution in [2.45, 2.75) is 71.6 Å². The molecule has 2 heterocycles. The Kier molecular flexibility index (Phi) is 4.49. The van der Waals surface area contributed by atoms with Gasteiger partial charge in [-0.15, -0.1) is 0 Å². The maximum atomic E-state index is 14.6. The highest BCUT2D eigenvalue weighted by atomic mass is 16.7. The molecule has 1 aromatic rings. The molecule has 34 heavy (non-hydrogen) atoms. The van der Waals surface area contributed by atoms with Crippen LogP contribution in [0.3, 0.4) is 0 Å². The fraction of sp³-hybridized carbons (Fsp3) is 0.643. The van der Waals surface area contributed by atoms with Crippen molar-refractivity contribution >= 4 is 5.78 Å². The largest absolute Gasteiger partial charge is 0.467 e. The molecule has 6 heteroatoms. The number of nitrogens with zero attached hydrogens (tertiary/aromatic N) is 1. The SMILES string of the molecule is CC1=C[C@]23C(=O)[C@@H](C=C4COC(C)(C)O[C@H]4[C@]2(O)[C@H]1Oc1ccccn1)[C@H]1[C@@H](C[C@H]3C)C1(C)C. The van der Waals surface area contributed by atoms with Gasteiger partial charge in [-0.25, -0.2) is 4.98 Å². The van der Waals surface area contributed by atoms with E-state index >= 15 is 0 Å². The van der Waals surface area contributed by atoms with Crippen molar-refractivity contribution in [2.75, 3.05) is 6.61 Å². The molecule has 0 amide bonds. The van der Waals surface area contributed by atoms with Crippen LogP contribution in [0, 0.1) is 34.5 Å². The first-order chi connectivity index (χ1) is 15.9. The first kappa shape index (κ1) is 22.4. The number of aromatic nitrogens is 1. The zero-order valence-corrected chi connectivity index (χ0v) is 20.9. The van der Waals surface area contributed by atoms with E-state index in [1.54, 1.807) is 12.3 Å². The highest BCUT2D eigenvalue weighted by Crippen LogP contribution is 2.72. The molecule has 2 bridgehead atoms. The summed E-state index contributed by atoms with van der Waals surface area (Å²) in [4.78, 5) is 19.0. The summed E-state index contributed by atoms with van der Waals surface area (Å²) in [6.07, 6.45) is 5.15. The van der Waals surface area contributed by atoms with E-state index in [-0.39, 0.29) is 29.0 Å². The van der Waals surface area contributed by atoms with Gasteiger partial charge in [-0.2, -0.15) is 0 Å². The van der Waals surface area contributed by atoms with Crippen LogP contribution < -0.4 is 4.74 Å². The number of Topliss-reactive ketones (excluding diaryl/α,β-unsaturated/α-hetero) is 1. The van der Waals surface area contributed by atoms with E-state index < -0.39 is 29.0 Å². The fourth-order valence-electron chi connectivity index (χ4n) is 7.84. The normalized spacial score (nSPS) is 45.6. The molecule has 1 aromatic heterocycles. The Morgan fingerprint density at radius 3 is 2.68 bits per heavy atom. The van der Waals surface area contributed by atoms with Crippen molar-refractivity contribution in [2.24, 2.45) is 34.5 Å². The van der Waals surface area contributed by atoms with Crippen LogP contribution in [0.1, 0.15) is 48.0 Å². The molecule has 0 unspecified atom stereocenters. The predicted molar refractivity (Wildman–Crippen MR) is 126 cm³/mol. The lowest BCUT2D eigenvalue weighted by Crippen LogP contribution is -2.68. The summed E-state index contributed by atoms with van der Waals surface area (Å²) >= 11 is 0. The molecule has 1 spiro atoms. The van der Waals surface area contributed by atoms with E-state index in [0.29, 0.717) is 18.4 Å². The van der Waals surface area contributed by atoms with Gasteiger partial charge in [-0.05, 0) is 67.6 Å². The van der Waals surface area contributed by atoms with Gasteiger partial charge in [0.05, 0.1) is 12.0 Å². The van der Waals surface area contributed by atoms with Gasteiger partial charge in [0, 0.05) is 18.2 Å². The van der Waals surface area contributed by atoms with Crippen molar-refractivity contribution in [3.63, 3.8) is 0 Å². The molecule has 182 valence electrons. The average Bonchev–Trinajstić information content (AvgIpc) is 3.27. The second-order valence-electron chi connectivity index (χ2n) is 12.2. The van der Waals surface area contributed by atoms with Gasteiger partial charge in [-0.3, -0.25) is 4.79 Å². The highest BCUT2D eigenvalue weighted by molar-refractivity contribution is 5.95. The minimum Gasteiger partial charge on any atom is -0.467 e. The summed E-state index contributed by atoms with van der Waals surface area (Å²) in [5.74, 6) is -0.0259. The molecule has 8 atom stereocenters. The molecule has 6 nitrogen and oxygen atoms in total. The number of aliphatic hydroxyl groups is 1. The van der Waals surface area contributed by atoms with Gasteiger partial charge in [0.2, 0.25) is 5.88 Å². The molecular formula is C28H35NO5. The molecule has 5 aliphatic rings. The van der Waals surface area contributed by atoms with Crippen molar-refractivity contribution in [1.29, 1.82) is 0 Å². The second kappa shape index (κ2) is 6.80. The van der Waals surface area contributed by atoms with E-state index in [0.717, 1.165) is 17.6 Å². The summed E-state index contributed by atoms with van der Waals surface area (Å²) in [5.41, 5.74) is -0.942. The standard InChI is InChI=1S/C28H35NO5/c1-15-13-27-16(2)11-19-21(25(19,3)4)18(22(27)30)12-17-14-32-26(5,6)34-24(17)28(27,31)23(15)33-20-9-7-8-10-29-20/h7-10,12-13,16,18-19,21,23-24,31H,11,14H2,1-6H3/t16-,18+,19-,21+,23+,24-,27+,28-/m1/s1. The zero-order chi connectivity index (χ0) is 24.3. The summed E-state index contributed by atoms with van der Waals surface area (Å²) in [5, 5.41) is 13.0. The van der Waals surface area contributed by atoms with Crippen LogP contribution in [0.5, 0.6) is 5.88 Å². The van der Waals surface area contributed by atoms with E-state index in [2.05, 4.69) is 31.8 Å². The van der Waals surface area contributed by atoms with Crippen LogP contribution in [-0.2, 0) is 14.3 Å². The number of allylic oxidation sites excluding steroid dienone is 1. The van der Waals surface area contributed by atoms with E-state index in [9.17, 15) is 9.90 Å². The van der Waals surface area contributed by atoms with Crippen LogP contribution in [0.2, 0.25) is 0 Å². The van der Waals surface area contributed by atoms with E-state index in [4.69, 9.17) is 14.2 Å².